The second kappa shape index (κ2) is 6.50. The van der Waals surface area contributed by atoms with Gasteiger partial charge in [0.2, 0.25) is 0 Å². The van der Waals surface area contributed by atoms with Crippen LogP contribution in [0.4, 0.5) is 4.39 Å². The van der Waals surface area contributed by atoms with E-state index in [1.807, 2.05) is 13.8 Å². The van der Waals surface area contributed by atoms with Crippen molar-refractivity contribution < 1.29 is 14.2 Å². The third-order valence-corrected chi connectivity index (χ3v) is 3.45. The van der Waals surface area contributed by atoms with Crippen LogP contribution in [-0.4, -0.2) is 23.9 Å². The van der Waals surface area contributed by atoms with Gasteiger partial charge in [0.15, 0.2) is 0 Å². The Hall–Kier alpha value is -0.640. The zero-order chi connectivity index (χ0) is 13.8. The molecule has 0 heterocycles. The van der Waals surface area contributed by atoms with E-state index in [9.17, 15) is 9.50 Å². The van der Waals surface area contributed by atoms with Crippen molar-refractivity contribution in [2.45, 2.75) is 44.8 Å². The summed E-state index contributed by atoms with van der Waals surface area (Å²) < 4.78 is 18.2. The molecule has 0 spiro atoms. The highest BCUT2D eigenvalue weighted by atomic mass is 35.5. The summed E-state index contributed by atoms with van der Waals surface area (Å²) in [5.74, 6) is -0.362. The molecule has 1 N–H and O–H groups in total. The molecule has 0 aliphatic carbocycles. The summed E-state index contributed by atoms with van der Waals surface area (Å²) in [4.78, 5) is 0. The summed E-state index contributed by atoms with van der Waals surface area (Å²) >= 11 is 5.92. The van der Waals surface area contributed by atoms with Gasteiger partial charge < -0.3 is 9.84 Å². The summed E-state index contributed by atoms with van der Waals surface area (Å²) in [6.45, 7) is 3.95. The van der Waals surface area contributed by atoms with Crippen LogP contribution in [-0.2, 0) is 11.2 Å². The Balaban J connectivity index is 2.52. The number of hydrogen-bond acceptors (Lipinski definition) is 2. The molecule has 102 valence electrons. The van der Waals surface area contributed by atoms with E-state index in [0.29, 0.717) is 17.9 Å². The first kappa shape index (κ1) is 15.4. The van der Waals surface area contributed by atoms with Crippen molar-refractivity contribution in [2.24, 2.45) is 0 Å². The SMILES string of the molecule is COC(C)(C)CCC(O)Cc1ccc(F)cc1Cl. The van der Waals surface area contributed by atoms with E-state index in [0.717, 1.165) is 12.0 Å². The molecule has 0 amide bonds. The van der Waals surface area contributed by atoms with Crippen LogP contribution in [0, 0.1) is 5.82 Å². The predicted molar refractivity (Wildman–Crippen MR) is 71.4 cm³/mol. The molecule has 1 aromatic rings. The first-order valence-electron chi connectivity index (χ1n) is 6.01. The number of rotatable bonds is 6. The zero-order valence-electron chi connectivity index (χ0n) is 11.0. The Morgan fingerprint density at radius 2 is 2.11 bits per heavy atom. The van der Waals surface area contributed by atoms with E-state index < -0.39 is 6.10 Å². The number of methoxy groups -OCH3 is 1. The Morgan fingerprint density at radius 1 is 1.44 bits per heavy atom. The fraction of sp³-hybridized carbons (Fsp3) is 0.571. The van der Waals surface area contributed by atoms with Crippen LogP contribution in [0.3, 0.4) is 0 Å². The lowest BCUT2D eigenvalue weighted by Gasteiger charge is -2.24. The van der Waals surface area contributed by atoms with E-state index in [4.69, 9.17) is 16.3 Å². The van der Waals surface area contributed by atoms with E-state index in [1.54, 1.807) is 13.2 Å². The van der Waals surface area contributed by atoms with Crippen molar-refractivity contribution in [3.8, 4) is 0 Å². The molecule has 1 aromatic carbocycles. The quantitative estimate of drug-likeness (QED) is 0.859. The zero-order valence-corrected chi connectivity index (χ0v) is 11.8. The van der Waals surface area contributed by atoms with Crippen LogP contribution in [0.15, 0.2) is 18.2 Å². The number of aliphatic hydroxyl groups is 1. The lowest BCUT2D eigenvalue weighted by Crippen LogP contribution is -2.25. The van der Waals surface area contributed by atoms with Crippen LogP contribution in [0.1, 0.15) is 32.3 Å². The van der Waals surface area contributed by atoms with Gasteiger partial charge in [-0.3, -0.25) is 0 Å². The predicted octanol–water partition coefficient (Wildman–Crippen LogP) is 3.59. The minimum absolute atomic E-state index is 0.242. The largest absolute Gasteiger partial charge is 0.393 e. The van der Waals surface area contributed by atoms with Crippen LogP contribution in [0.5, 0.6) is 0 Å². The van der Waals surface area contributed by atoms with Crippen molar-refractivity contribution >= 4 is 11.6 Å². The lowest BCUT2D eigenvalue weighted by atomic mass is 9.97. The van der Waals surface area contributed by atoms with Crippen LogP contribution in [0.25, 0.3) is 0 Å². The number of ether oxygens (including phenoxy) is 1. The summed E-state index contributed by atoms with van der Waals surface area (Å²) in [7, 11) is 1.66. The maximum absolute atomic E-state index is 12.9. The molecule has 18 heavy (non-hydrogen) atoms. The smallest absolute Gasteiger partial charge is 0.124 e. The van der Waals surface area contributed by atoms with Gasteiger partial charge >= 0.3 is 0 Å². The molecule has 0 aliphatic heterocycles. The van der Waals surface area contributed by atoms with Crippen molar-refractivity contribution in [1.29, 1.82) is 0 Å². The van der Waals surface area contributed by atoms with E-state index in [-0.39, 0.29) is 11.4 Å². The van der Waals surface area contributed by atoms with Gasteiger partial charge in [0.25, 0.3) is 0 Å². The molecule has 0 saturated heterocycles. The van der Waals surface area contributed by atoms with E-state index in [1.165, 1.54) is 12.1 Å². The van der Waals surface area contributed by atoms with Gasteiger partial charge in [-0.15, -0.1) is 0 Å². The molecule has 1 unspecified atom stereocenters. The summed E-state index contributed by atoms with van der Waals surface area (Å²) in [6.07, 6.45) is 1.30. The Kier molecular flexibility index (Phi) is 5.57. The molecular formula is C14H20ClFO2. The van der Waals surface area contributed by atoms with Gasteiger partial charge in [0.05, 0.1) is 11.7 Å². The van der Waals surface area contributed by atoms with E-state index >= 15 is 0 Å². The fourth-order valence-corrected chi connectivity index (χ4v) is 1.90. The summed E-state index contributed by atoms with van der Waals surface area (Å²) in [6, 6.07) is 4.23. The van der Waals surface area contributed by atoms with Crippen molar-refractivity contribution in [1.82, 2.24) is 0 Å². The van der Waals surface area contributed by atoms with Gasteiger partial charge in [0.1, 0.15) is 5.82 Å². The maximum Gasteiger partial charge on any atom is 0.124 e. The average Bonchev–Trinajstić information content (AvgIpc) is 2.30. The topological polar surface area (TPSA) is 29.5 Å². The van der Waals surface area contributed by atoms with Crippen molar-refractivity contribution in [3.63, 3.8) is 0 Å². The average molecular weight is 275 g/mol. The minimum Gasteiger partial charge on any atom is -0.393 e. The third kappa shape index (κ3) is 4.92. The highest BCUT2D eigenvalue weighted by Crippen LogP contribution is 2.22. The molecule has 2 nitrogen and oxygen atoms in total. The highest BCUT2D eigenvalue weighted by molar-refractivity contribution is 6.31. The molecular weight excluding hydrogens is 255 g/mol. The first-order valence-corrected chi connectivity index (χ1v) is 6.39. The number of hydrogen-bond donors (Lipinski definition) is 1. The molecule has 0 radical (unpaired) electrons. The van der Waals surface area contributed by atoms with Gasteiger partial charge in [-0.05, 0) is 50.8 Å². The maximum atomic E-state index is 12.9. The number of aliphatic hydroxyl groups excluding tert-OH is 1. The van der Waals surface area contributed by atoms with Gasteiger partial charge in [-0.25, -0.2) is 4.39 Å². The number of halogens is 2. The summed E-state index contributed by atoms with van der Waals surface area (Å²) in [5, 5.41) is 10.3. The first-order chi connectivity index (χ1) is 8.34. The Morgan fingerprint density at radius 3 is 2.67 bits per heavy atom. The van der Waals surface area contributed by atoms with Crippen molar-refractivity contribution in [3.05, 3.63) is 34.6 Å². The van der Waals surface area contributed by atoms with E-state index in [2.05, 4.69) is 0 Å². The fourth-order valence-electron chi connectivity index (χ4n) is 1.66. The molecule has 4 heteroatoms. The molecule has 0 aliphatic rings. The third-order valence-electron chi connectivity index (χ3n) is 3.10. The van der Waals surface area contributed by atoms with Crippen LogP contribution >= 0.6 is 11.6 Å². The molecule has 0 aromatic heterocycles. The number of benzene rings is 1. The standard InChI is InChI=1S/C14H20ClFO2/c1-14(2,18-3)7-6-12(17)8-10-4-5-11(16)9-13(10)15/h4-5,9,12,17H,6-8H2,1-3H3. The summed E-state index contributed by atoms with van der Waals surface area (Å²) in [5.41, 5.74) is 0.522. The Labute approximate surface area is 113 Å². The monoisotopic (exact) mass is 274 g/mol. The molecule has 0 saturated carbocycles. The highest BCUT2D eigenvalue weighted by Gasteiger charge is 2.18. The second-order valence-corrected chi connectivity index (χ2v) is 5.50. The van der Waals surface area contributed by atoms with Crippen LogP contribution in [0.2, 0.25) is 5.02 Å². The lowest BCUT2D eigenvalue weighted by molar-refractivity contribution is 0.00307. The van der Waals surface area contributed by atoms with Gasteiger partial charge in [0, 0.05) is 12.1 Å². The molecule has 1 atom stereocenters. The van der Waals surface area contributed by atoms with Gasteiger partial charge in [-0.1, -0.05) is 17.7 Å². The Bertz CT molecular complexity index is 393. The van der Waals surface area contributed by atoms with Crippen LogP contribution < -0.4 is 0 Å². The van der Waals surface area contributed by atoms with Crippen molar-refractivity contribution in [2.75, 3.05) is 7.11 Å². The second-order valence-electron chi connectivity index (χ2n) is 5.10. The molecule has 1 rings (SSSR count). The molecule has 0 fully saturated rings. The minimum atomic E-state index is -0.498. The normalized spacial score (nSPS) is 13.7. The van der Waals surface area contributed by atoms with Gasteiger partial charge in [-0.2, -0.15) is 0 Å². The molecule has 0 bridgehead atoms.